The molecule has 0 aliphatic carbocycles. The van der Waals surface area contributed by atoms with Crippen LogP contribution in [-0.2, 0) is 0 Å². The third-order valence-electron chi connectivity index (χ3n) is 19.4. The molecule has 0 amide bonds. The largest absolute Gasteiger partial charge is 0.310 e. The Labute approximate surface area is 574 Å². The lowest BCUT2D eigenvalue weighted by Gasteiger charge is -2.46. The standard InChI is InChI=1S/C88H54BN5S2/c1-5-21-55(22-6-1)70-51-90-52-71(56-23-7-2-8-24-56)87(70)93-78-47-61(59-39-43-84-68(45-59)66-31-15-19-35-82(66)95-84)37-41-74(78)89-75-42-38-62(60-40-44-85-69(46-60)67-32-16-20-36-83(67)96-85)48-79(75)94(88-72(57-25-9-3-10-26-57)53-91-54-73(88)58-27-11-4-12-28-58)81-50-63(49-80(93)86(81)89)92-76-33-17-13-29-64(76)65-30-14-18-34-77(65)92/h1-54H/i13D,14D,17D,18D,29D,30D,33D,34D. The minimum Gasteiger partial charge on any atom is -0.310 e. The number of pyridine rings is 2. The van der Waals surface area contributed by atoms with Gasteiger partial charge in [-0.2, -0.15) is 0 Å². The highest BCUT2D eigenvalue weighted by Gasteiger charge is 2.46. The van der Waals surface area contributed by atoms with E-state index in [4.69, 9.17) is 9.97 Å². The fourth-order valence-corrected chi connectivity index (χ4v) is 17.3. The molecule has 0 atom stereocenters. The number of aromatic nitrogens is 3. The Morgan fingerprint density at radius 3 is 1.07 bits per heavy atom. The molecule has 8 heteroatoms. The van der Waals surface area contributed by atoms with Gasteiger partial charge in [0, 0.05) is 121 Å². The van der Waals surface area contributed by atoms with Crippen LogP contribution < -0.4 is 26.2 Å². The minimum absolute atomic E-state index is 0.00204. The summed E-state index contributed by atoms with van der Waals surface area (Å²) in [6, 6.07) is 86.1. The van der Waals surface area contributed by atoms with E-state index in [9.17, 15) is 11.0 Å². The molecular formula is C88H54BN5S2. The number of para-hydroxylation sites is 2. The summed E-state index contributed by atoms with van der Waals surface area (Å²) in [5, 5.41) is 4.65. The van der Waals surface area contributed by atoms with Gasteiger partial charge in [-0.1, -0.05) is 230 Å². The third kappa shape index (κ3) is 8.49. The number of anilines is 6. The van der Waals surface area contributed by atoms with Gasteiger partial charge in [-0.25, -0.2) is 0 Å². The summed E-state index contributed by atoms with van der Waals surface area (Å²) >= 11 is 3.56. The summed E-state index contributed by atoms with van der Waals surface area (Å²) in [4.78, 5) is 15.0. The van der Waals surface area contributed by atoms with E-state index in [0.29, 0.717) is 17.1 Å². The van der Waals surface area contributed by atoms with Crippen LogP contribution in [0, 0.1) is 0 Å². The number of nitrogens with zero attached hydrogens (tertiary/aromatic N) is 5. The van der Waals surface area contributed by atoms with Gasteiger partial charge < -0.3 is 14.4 Å². The first-order valence-electron chi connectivity index (χ1n) is 36.0. The average Bonchev–Trinajstić information content (AvgIpc) is 0.868. The lowest BCUT2D eigenvalue weighted by atomic mass is 9.33. The predicted molar refractivity (Wildman–Crippen MR) is 409 cm³/mol. The number of rotatable bonds is 9. The summed E-state index contributed by atoms with van der Waals surface area (Å²) < 4.78 is 83.5. The second kappa shape index (κ2) is 21.8. The van der Waals surface area contributed by atoms with Gasteiger partial charge in [0.25, 0.3) is 6.71 Å². The van der Waals surface area contributed by atoms with Crippen LogP contribution in [0.15, 0.2) is 328 Å². The van der Waals surface area contributed by atoms with Gasteiger partial charge in [-0.15, -0.1) is 22.7 Å². The molecule has 2 aliphatic rings. The van der Waals surface area contributed by atoms with E-state index in [2.05, 4.69) is 192 Å². The molecule has 20 rings (SSSR count). The Bertz CT molecular complexity index is 6180. The van der Waals surface area contributed by atoms with Crippen molar-refractivity contribution in [3.05, 3.63) is 328 Å². The molecule has 5 nitrogen and oxygen atoms in total. The lowest BCUT2D eigenvalue weighted by molar-refractivity contribution is 1.16. The van der Waals surface area contributed by atoms with Crippen LogP contribution in [0.1, 0.15) is 11.0 Å². The molecule has 13 aromatic carbocycles. The number of thiophene rings is 2. The zero-order chi connectivity index (χ0) is 69.9. The minimum atomic E-state index is -0.522. The topological polar surface area (TPSA) is 37.2 Å². The van der Waals surface area contributed by atoms with Crippen LogP contribution in [0.25, 0.3) is 135 Å². The quantitative estimate of drug-likeness (QED) is 0.135. The number of hydrogen-bond acceptors (Lipinski definition) is 6. The first-order chi connectivity index (χ1) is 50.9. The van der Waals surface area contributed by atoms with Crippen molar-refractivity contribution in [2.24, 2.45) is 0 Å². The van der Waals surface area contributed by atoms with Gasteiger partial charge in [-0.3, -0.25) is 9.97 Å². The van der Waals surface area contributed by atoms with Crippen molar-refractivity contribution in [3.8, 4) is 72.4 Å². The molecular weight excluding hydrogens is 1200 g/mol. The fourth-order valence-electron chi connectivity index (χ4n) is 15.1. The van der Waals surface area contributed by atoms with Gasteiger partial charge in [0.2, 0.25) is 0 Å². The Balaban J connectivity index is 0.992. The summed E-state index contributed by atoms with van der Waals surface area (Å²) in [5.41, 5.74) is 19.0. The first-order valence-corrected chi connectivity index (χ1v) is 33.7. The van der Waals surface area contributed by atoms with Crippen LogP contribution in [-0.4, -0.2) is 21.2 Å². The molecule has 446 valence electrons. The Kier molecular flexibility index (Phi) is 10.7. The molecule has 0 saturated heterocycles. The van der Waals surface area contributed by atoms with E-state index < -0.39 is 55.1 Å². The zero-order valence-electron chi connectivity index (χ0n) is 59.2. The first kappa shape index (κ1) is 47.0. The maximum atomic E-state index is 10.1. The van der Waals surface area contributed by atoms with Crippen molar-refractivity contribution in [1.82, 2.24) is 14.5 Å². The lowest BCUT2D eigenvalue weighted by Crippen LogP contribution is -2.61. The number of hydrogen-bond donors (Lipinski definition) is 0. The second-order valence-corrected chi connectivity index (χ2v) is 26.7. The molecule has 7 heterocycles. The van der Waals surface area contributed by atoms with E-state index in [0.717, 1.165) is 117 Å². The second-order valence-electron chi connectivity index (χ2n) is 24.6. The smallest absolute Gasteiger partial charge is 0.252 e. The summed E-state index contributed by atoms with van der Waals surface area (Å²) in [6.45, 7) is -0.515. The van der Waals surface area contributed by atoms with E-state index in [-0.39, 0.29) is 21.8 Å². The van der Waals surface area contributed by atoms with Crippen LogP contribution in [0.2, 0.25) is 0 Å². The van der Waals surface area contributed by atoms with Crippen LogP contribution in [0.4, 0.5) is 34.1 Å². The van der Waals surface area contributed by atoms with E-state index in [1.165, 1.54) is 29.6 Å². The van der Waals surface area contributed by atoms with Crippen molar-refractivity contribution in [1.29, 1.82) is 0 Å². The SMILES string of the molecule is [2H]c1c([2H])c([2H])c2c(c1[2H])c1c([2H])c([2H])c([2H])c([2H])c1n2-c1cc2c3c(c1)N(c1c(-c4ccccc4)cncc1-c1ccccc1)c1cc(-c4ccc5sc6ccccc6c5c4)ccc1B3c1ccc(-c3ccc4sc5ccccc5c4c3)cc1N2c1c(-c2ccccc2)cncc1-c1ccccc1. The normalized spacial score (nSPS) is 13.7. The van der Waals surface area contributed by atoms with Gasteiger partial charge in [-0.05, 0) is 134 Å². The molecule has 0 bridgehead atoms. The highest BCUT2D eigenvalue weighted by atomic mass is 32.1. The number of fused-ring (bicyclic) bond motifs is 13. The van der Waals surface area contributed by atoms with Crippen molar-refractivity contribution in [2.45, 2.75) is 0 Å². The maximum Gasteiger partial charge on any atom is 0.252 e. The van der Waals surface area contributed by atoms with Crippen molar-refractivity contribution >= 4 is 142 Å². The highest BCUT2D eigenvalue weighted by Crippen LogP contribution is 2.54. The van der Waals surface area contributed by atoms with E-state index in [1.807, 2.05) is 97.6 Å². The average molecular weight is 1260 g/mol. The number of benzene rings is 13. The van der Waals surface area contributed by atoms with Crippen molar-refractivity contribution in [2.75, 3.05) is 9.80 Å². The van der Waals surface area contributed by atoms with E-state index >= 15 is 0 Å². The fraction of sp³-hybridized carbons (Fsp3) is 0. The van der Waals surface area contributed by atoms with Crippen LogP contribution in [0.5, 0.6) is 0 Å². The van der Waals surface area contributed by atoms with Gasteiger partial charge in [0.15, 0.2) is 0 Å². The third-order valence-corrected chi connectivity index (χ3v) is 21.7. The van der Waals surface area contributed by atoms with Crippen molar-refractivity contribution in [3.63, 3.8) is 0 Å². The van der Waals surface area contributed by atoms with Crippen LogP contribution in [0.3, 0.4) is 0 Å². The summed E-state index contributed by atoms with van der Waals surface area (Å²) in [6.07, 6.45) is 7.75. The molecule has 2 aliphatic heterocycles. The summed E-state index contributed by atoms with van der Waals surface area (Å²) in [5.74, 6) is 0. The molecule has 0 saturated carbocycles. The predicted octanol–water partition coefficient (Wildman–Crippen LogP) is 22.4. The zero-order valence-corrected chi connectivity index (χ0v) is 52.8. The monoisotopic (exact) mass is 1260 g/mol. The van der Waals surface area contributed by atoms with E-state index in [1.54, 1.807) is 27.2 Å². The van der Waals surface area contributed by atoms with Crippen molar-refractivity contribution < 1.29 is 11.0 Å². The molecule has 96 heavy (non-hydrogen) atoms. The molecule has 0 fully saturated rings. The van der Waals surface area contributed by atoms with Gasteiger partial charge in [0.05, 0.1) is 39.1 Å². The molecule has 5 aromatic heterocycles. The molecule has 0 unspecified atom stereocenters. The molecule has 0 N–H and O–H groups in total. The Morgan fingerprint density at radius 1 is 0.302 bits per heavy atom. The maximum absolute atomic E-state index is 10.1. The molecule has 18 aromatic rings. The Hall–Kier alpha value is -11.9. The Morgan fingerprint density at radius 2 is 0.656 bits per heavy atom. The van der Waals surface area contributed by atoms with Crippen LogP contribution >= 0.6 is 22.7 Å². The van der Waals surface area contributed by atoms with Gasteiger partial charge >= 0.3 is 0 Å². The molecule has 0 spiro atoms. The van der Waals surface area contributed by atoms with Gasteiger partial charge in [0.1, 0.15) is 0 Å². The summed E-state index contributed by atoms with van der Waals surface area (Å²) in [7, 11) is 0. The molecule has 0 radical (unpaired) electrons. The highest BCUT2D eigenvalue weighted by molar-refractivity contribution is 7.26.